The lowest BCUT2D eigenvalue weighted by atomic mass is 10.1. The minimum absolute atomic E-state index is 0.0560. The Kier molecular flexibility index (Phi) is 3.41. The molecule has 1 aromatic rings. The first kappa shape index (κ1) is 12.2. The molecule has 0 spiro atoms. The van der Waals surface area contributed by atoms with E-state index in [1.165, 1.54) is 0 Å². The van der Waals surface area contributed by atoms with Crippen molar-refractivity contribution in [1.29, 1.82) is 0 Å². The molecule has 3 rings (SSSR count). The third-order valence-electron chi connectivity index (χ3n) is 3.68. The summed E-state index contributed by atoms with van der Waals surface area (Å²) in [6.45, 7) is 2.64. The molecule has 1 fully saturated rings. The van der Waals surface area contributed by atoms with Gasteiger partial charge in [0, 0.05) is 30.2 Å². The van der Waals surface area contributed by atoms with Crippen LogP contribution < -0.4 is 10.9 Å². The quantitative estimate of drug-likeness (QED) is 0.757. The van der Waals surface area contributed by atoms with Crippen molar-refractivity contribution in [2.45, 2.75) is 19.0 Å². The van der Waals surface area contributed by atoms with Crippen LogP contribution in [0.3, 0.4) is 0 Å². The minimum Gasteiger partial charge on any atom is -0.311 e. The molecule has 0 aliphatic carbocycles. The summed E-state index contributed by atoms with van der Waals surface area (Å²) in [6.07, 6.45) is 0.785. The number of aromatic nitrogens is 2. The van der Waals surface area contributed by atoms with Crippen molar-refractivity contribution < 1.29 is 0 Å². The maximum atomic E-state index is 12.1. The van der Waals surface area contributed by atoms with Gasteiger partial charge in [-0.1, -0.05) is 0 Å². The Morgan fingerprint density at radius 2 is 2.39 bits per heavy atom. The van der Waals surface area contributed by atoms with E-state index in [1.54, 1.807) is 0 Å². The highest BCUT2D eigenvalue weighted by molar-refractivity contribution is 7.99. The van der Waals surface area contributed by atoms with Crippen LogP contribution in [0.5, 0.6) is 0 Å². The molecule has 18 heavy (non-hydrogen) atoms. The van der Waals surface area contributed by atoms with E-state index in [-0.39, 0.29) is 11.6 Å². The fraction of sp³-hybridized carbons (Fsp3) is 0.667. The lowest BCUT2D eigenvalue weighted by Gasteiger charge is -2.31. The van der Waals surface area contributed by atoms with Gasteiger partial charge in [0.05, 0.1) is 11.7 Å². The van der Waals surface area contributed by atoms with Gasteiger partial charge in [-0.3, -0.25) is 9.69 Å². The SMILES string of the molecule is CN1CCSCC1c1nc2c(c(=O)[nH]1)CCNC2. The summed E-state index contributed by atoms with van der Waals surface area (Å²) in [5, 5.41) is 3.28. The fourth-order valence-electron chi connectivity index (χ4n) is 2.52. The van der Waals surface area contributed by atoms with Gasteiger partial charge in [0.1, 0.15) is 5.82 Å². The van der Waals surface area contributed by atoms with E-state index in [2.05, 4.69) is 27.2 Å². The summed E-state index contributed by atoms with van der Waals surface area (Å²) in [5.41, 5.74) is 1.85. The number of hydrogen-bond donors (Lipinski definition) is 2. The first-order chi connectivity index (χ1) is 8.75. The fourth-order valence-corrected chi connectivity index (χ4v) is 3.74. The number of nitrogens with one attached hydrogen (secondary N) is 2. The van der Waals surface area contributed by atoms with Crippen molar-refractivity contribution in [1.82, 2.24) is 20.2 Å². The molecule has 5 nitrogen and oxygen atoms in total. The van der Waals surface area contributed by atoms with Crippen molar-refractivity contribution in [3.05, 3.63) is 27.4 Å². The highest BCUT2D eigenvalue weighted by Gasteiger charge is 2.25. The van der Waals surface area contributed by atoms with Crippen LogP contribution in [0.1, 0.15) is 23.1 Å². The number of nitrogens with zero attached hydrogens (tertiary/aromatic N) is 2. The van der Waals surface area contributed by atoms with E-state index in [9.17, 15) is 4.79 Å². The van der Waals surface area contributed by atoms with E-state index in [4.69, 9.17) is 0 Å². The van der Waals surface area contributed by atoms with Gasteiger partial charge in [0.15, 0.2) is 0 Å². The molecule has 98 valence electrons. The second-order valence-electron chi connectivity index (χ2n) is 4.87. The van der Waals surface area contributed by atoms with Crippen molar-refractivity contribution in [3.63, 3.8) is 0 Å². The summed E-state index contributed by atoms with van der Waals surface area (Å²) in [5.74, 6) is 2.99. The van der Waals surface area contributed by atoms with Gasteiger partial charge >= 0.3 is 0 Å². The Labute approximate surface area is 110 Å². The number of rotatable bonds is 1. The Morgan fingerprint density at radius 1 is 1.50 bits per heavy atom. The Morgan fingerprint density at radius 3 is 3.22 bits per heavy atom. The molecule has 1 aromatic heterocycles. The average molecular weight is 266 g/mol. The first-order valence-electron chi connectivity index (χ1n) is 6.36. The molecule has 0 saturated carbocycles. The van der Waals surface area contributed by atoms with Crippen molar-refractivity contribution in [2.75, 3.05) is 31.6 Å². The molecule has 1 atom stereocenters. The summed E-state index contributed by atoms with van der Waals surface area (Å²) < 4.78 is 0. The number of fused-ring (bicyclic) bond motifs is 1. The zero-order valence-electron chi connectivity index (χ0n) is 10.5. The molecule has 3 heterocycles. The molecule has 0 amide bonds. The zero-order chi connectivity index (χ0) is 12.5. The summed E-state index contributed by atoms with van der Waals surface area (Å²) in [4.78, 5) is 22.0. The van der Waals surface area contributed by atoms with Crippen molar-refractivity contribution >= 4 is 11.8 Å². The maximum Gasteiger partial charge on any atom is 0.254 e. The Hall–Kier alpha value is -0.850. The lowest BCUT2D eigenvalue weighted by molar-refractivity contribution is 0.263. The predicted molar refractivity (Wildman–Crippen MR) is 73.0 cm³/mol. The van der Waals surface area contributed by atoms with E-state index in [0.717, 1.165) is 54.6 Å². The molecule has 6 heteroatoms. The van der Waals surface area contributed by atoms with Gasteiger partial charge in [-0.05, 0) is 20.0 Å². The van der Waals surface area contributed by atoms with Crippen molar-refractivity contribution in [3.8, 4) is 0 Å². The second-order valence-corrected chi connectivity index (χ2v) is 6.02. The summed E-state index contributed by atoms with van der Waals surface area (Å²) in [6, 6.07) is 0.240. The van der Waals surface area contributed by atoms with E-state index in [1.807, 2.05) is 11.8 Å². The summed E-state index contributed by atoms with van der Waals surface area (Å²) >= 11 is 1.93. The van der Waals surface area contributed by atoms with Crippen LogP contribution in [0.4, 0.5) is 0 Å². The second kappa shape index (κ2) is 5.03. The van der Waals surface area contributed by atoms with Gasteiger partial charge in [0.25, 0.3) is 5.56 Å². The maximum absolute atomic E-state index is 12.1. The molecule has 1 saturated heterocycles. The third kappa shape index (κ3) is 2.20. The van der Waals surface area contributed by atoms with Gasteiger partial charge < -0.3 is 10.3 Å². The molecular weight excluding hydrogens is 248 g/mol. The summed E-state index contributed by atoms with van der Waals surface area (Å²) in [7, 11) is 2.10. The standard InChI is InChI=1S/C12H18N4OS/c1-16-4-5-18-7-10(16)11-14-9-6-13-3-2-8(9)12(17)15-11/h10,13H,2-7H2,1H3,(H,14,15,17). The van der Waals surface area contributed by atoms with Crippen molar-refractivity contribution in [2.24, 2.45) is 0 Å². The van der Waals surface area contributed by atoms with Crippen LogP contribution in [-0.4, -0.2) is 46.5 Å². The van der Waals surface area contributed by atoms with Crippen LogP contribution in [0.25, 0.3) is 0 Å². The first-order valence-corrected chi connectivity index (χ1v) is 7.52. The molecule has 2 aliphatic heterocycles. The smallest absolute Gasteiger partial charge is 0.254 e. The van der Waals surface area contributed by atoms with Gasteiger partial charge in [-0.15, -0.1) is 0 Å². The van der Waals surface area contributed by atoms with Crippen LogP contribution >= 0.6 is 11.8 Å². The molecule has 2 aliphatic rings. The monoisotopic (exact) mass is 266 g/mol. The zero-order valence-corrected chi connectivity index (χ0v) is 11.3. The highest BCUT2D eigenvalue weighted by Crippen LogP contribution is 2.25. The van der Waals surface area contributed by atoms with Crippen LogP contribution in [-0.2, 0) is 13.0 Å². The lowest BCUT2D eigenvalue weighted by Crippen LogP contribution is -2.37. The van der Waals surface area contributed by atoms with E-state index < -0.39 is 0 Å². The molecular formula is C12H18N4OS. The van der Waals surface area contributed by atoms with Gasteiger partial charge in [-0.25, -0.2) is 4.98 Å². The molecule has 1 unspecified atom stereocenters. The molecule has 2 N–H and O–H groups in total. The number of hydrogen-bond acceptors (Lipinski definition) is 5. The van der Waals surface area contributed by atoms with Gasteiger partial charge in [-0.2, -0.15) is 11.8 Å². The van der Waals surface area contributed by atoms with E-state index >= 15 is 0 Å². The minimum atomic E-state index is 0.0560. The largest absolute Gasteiger partial charge is 0.311 e. The number of H-pyrrole nitrogens is 1. The number of aromatic amines is 1. The highest BCUT2D eigenvalue weighted by atomic mass is 32.2. The Balaban J connectivity index is 1.97. The van der Waals surface area contributed by atoms with E-state index in [0.29, 0.717) is 0 Å². The van der Waals surface area contributed by atoms with Gasteiger partial charge in [0.2, 0.25) is 0 Å². The average Bonchev–Trinajstić information content (AvgIpc) is 2.39. The molecule has 0 aromatic carbocycles. The molecule has 0 radical (unpaired) electrons. The van der Waals surface area contributed by atoms with Crippen LogP contribution in [0.2, 0.25) is 0 Å². The van der Waals surface area contributed by atoms with Crippen LogP contribution in [0, 0.1) is 0 Å². The normalized spacial score (nSPS) is 24.8. The number of thioether (sulfide) groups is 1. The third-order valence-corrected chi connectivity index (χ3v) is 4.70. The predicted octanol–water partition coefficient (Wildman–Crippen LogP) is 0.135. The Bertz CT molecular complexity index is 501. The topological polar surface area (TPSA) is 61.0 Å². The van der Waals surface area contributed by atoms with Crippen LogP contribution in [0.15, 0.2) is 4.79 Å². The molecule has 0 bridgehead atoms.